The highest BCUT2D eigenvalue weighted by Gasteiger charge is 2.54. The molecular formula is C30H33BFN7O3. The number of hydrogen-bond donors (Lipinski definition) is 0. The summed E-state index contributed by atoms with van der Waals surface area (Å²) in [5.41, 5.74) is 2.37. The van der Waals surface area contributed by atoms with Crippen LogP contribution in [0.1, 0.15) is 55.2 Å². The number of nitrogens with zero attached hydrogens (tertiary/aromatic N) is 7. The van der Waals surface area contributed by atoms with Crippen molar-refractivity contribution in [1.82, 2.24) is 25.1 Å². The van der Waals surface area contributed by atoms with E-state index in [4.69, 9.17) is 9.47 Å². The number of carbonyl (C=O) groups is 1. The summed E-state index contributed by atoms with van der Waals surface area (Å²) in [6, 6.07) is 5.76. The first-order valence-corrected chi connectivity index (χ1v) is 14.5. The Hall–Kier alpha value is -4.27. The lowest BCUT2D eigenvalue weighted by atomic mass is 9.42. The summed E-state index contributed by atoms with van der Waals surface area (Å²) < 4.78 is 26.7. The number of carbonyl (C=O) groups excluding carboxylic acids is 1. The van der Waals surface area contributed by atoms with E-state index in [1.54, 1.807) is 11.1 Å². The van der Waals surface area contributed by atoms with Crippen molar-refractivity contribution in [2.24, 2.45) is 5.41 Å². The van der Waals surface area contributed by atoms with E-state index in [1.165, 1.54) is 24.5 Å². The third-order valence-corrected chi connectivity index (χ3v) is 8.61. The van der Waals surface area contributed by atoms with E-state index in [9.17, 15) is 14.4 Å². The predicted octanol–water partition coefficient (Wildman–Crippen LogP) is 4.31. The van der Waals surface area contributed by atoms with Crippen molar-refractivity contribution in [1.29, 1.82) is 5.26 Å². The van der Waals surface area contributed by atoms with Gasteiger partial charge in [0.05, 0.1) is 5.56 Å². The van der Waals surface area contributed by atoms with Crippen LogP contribution in [0.3, 0.4) is 0 Å². The van der Waals surface area contributed by atoms with Crippen LogP contribution in [0.2, 0.25) is 6.32 Å². The third-order valence-electron chi connectivity index (χ3n) is 8.61. The minimum absolute atomic E-state index is 0.0137. The molecule has 216 valence electrons. The lowest BCUT2D eigenvalue weighted by molar-refractivity contribution is -0.0349. The summed E-state index contributed by atoms with van der Waals surface area (Å²) in [6.45, 7) is 7.73. The molecule has 3 aliphatic rings. The first-order chi connectivity index (χ1) is 20.3. The zero-order valence-electron chi connectivity index (χ0n) is 24.1. The van der Waals surface area contributed by atoms with Crippen molar-refractivity contribution in [3.05, 3.63) is 59.4 Å². The summed E-state index contributed by atoms with van der Waals surface area (Å²) in [6.07, 6.45) is 7.45. The van der Waals surface area contributed by atoms with Gasteiger partial charge in [0.25, 0.3) is 18.5 Å². The molecule has 1 amide bonds. The van der Waals surface area contributed by atoms with Gasteiger partial charge in [-0.3, -0.25) is 9.78 Å². The third kappa shape index (κ3) is 5.24. The lowest BCUT2D eigenvalue weighted by Gasteiger charge is -2.58. The number of rotatable bonds is 8. The Kier molecular flexibility index (Phi) is 7.43. The number of fused-ring (bicyclic) bond motifs is 1. The molecule has 1 saturated heterocycles. The standard InChI is InChI=1S/C30H33BFN7O3/c1-4-39(19(2)3)29(40)22-11-20(32)5-6-25(22)42-28-27(35-18-36-37-28)38-15-30(16-38)12-21(13-30)41-26-8-10-34-24-7-9-31(17-33)14-23(24)26/h5-6,8,10-11,18-19,21H,4,7,9,12-16H2,1-3H3. The molecule has 0 unspecified atom stereocenters. The minimum atomic E-state index is -0.522. The smallest absolute Gasteiger partial charge is 0.282 e. The van der Waals surface area contributed by atoms with Crippen LogP contribution in [-0.2, 0) is 12.7 Å². The molecule has 4 heterocycles. The van der Waals surface area contributed by atoms with Gasteiger partial charge in [0.1, 0.15) is 29.7 Å². The predicted molar refractivity (Wildman–Crippen MR) is 154 cm³/mol. The number of halogens is 1. The molecule has 2 fully saturated rings. The Bertz CT molecular complexity index is 1530. The molecule has 10 nitrogen and oxygen atoms in total. The zero-order chi connectivity index (χ0) is 29.4. The fraction of sp³-hybridized carbons (Fsp3) is 0.467. The maximum absolute atomic E-state index is 14.2. The van der Waals surface area contributed by atoms with Gasteiger partial charge in [-0.05, 0) is 70.6 Å². The molecule has 2 aromatic heterocycles. The number of hydrogen-bond acceptors (Lipinski definition) is 9. The zero-order valence-corrected chi connectivity index (χ0v) is 24.1. The maximum Gasteiger partial charge on any atom is 0.282 e. The van der Waals surface area contributed by atoms with E-state index >= 15 is 0 Å². The summed E-state index contributed by atoms with van der Waals surface area (Å²) in [4.78, 5) is 25.9. The van der Waals surface area contributed by atoms with Gasteiger partial charge in [-0.1, -0.05) is 6.32 Å². The average Bonchev–Trinajstić information content (AvgIpc) is 2.95. The highest BCUT2D eigenvalue weighted by molar-refractivity contribution is 6.66. The van der Waals surface area contributed by atoms with E-state index in [2.05, 4.69) is 31.0 Å². The Morgan fingerprint density at radius 3 is 2.81 bits per heavy atom. The van der Waals surface area contributed by atoms with Crippen LogP contribution in [0.5, 0.6) is 17.4 Å². The topological polar surface area (TPSA) is 117 Å². The highest BCUT2D eigenvalue weighted by atomic mass is 19.1. The van der Waals surface area contributed by atoms with Crippen molar-refractivity contribution in [3.8, 4) is 23.3 Å². The first kappa shape index (κ1) is 27.9. The van der Waals surface area contributed by atoms with Crippen molar-refractivity contribution >= 4 is 18.4 Å². The highest BCUT2D eigenvalue weighted by Crippen LogP contribution is 2.52. The Balaban J connectivity index is 1.12. The first-order valence-electron chi connectivity index (χ1n) is 14.5. The summed E-state index contributed by atoms with van der Waals surface area (Å²) in [7, 11) is 0. The molecular weight excluding hydrogens is 536 g/mol. The molecule has 0 radical (unpaired) electrons. The van der Waals surface area contributed by atoms with Gasteiger partial charge < -0.3 is 19.3 Å². The Morgan fingerprint density at radius 1 is 1.26 bits per heavy atom. The molecule has 42 heavy (non-hydrogen) atoms. The largest absolute Gasteiger partial charge is 0.490 e. The van der Waals surface area contributed by atoms with Crippen LogP contribution in [0.15, 0.2) is 36.8 Å². The van der Waals surface area contributed by atoms with Gasteiger partial charge in [-0.25, -0.2) is 14.6 Å². The second kappa shape index (κ2) is 11.2. The number of pyridine rings is 1. The molecule has 1 aliphatic carbocycles. The fourth-order valence-electron chi connectivity index (χ4n) is 6.47. The van der Waals surface area contributed by atoms with E-state index in [0.29, 0.717) is 18.7 Å². The molecule has 12 heteroatoms. The van der Waals surface area contributed by atoms with Gasteiger partial charge in [0, 0.05) is 54.5 Å². The van der Waals surface area contributed by atoms with Crippen molar-refractivity contribution in [2.45, 2.75) is 64.8 Å². The molecule has 2 aliphatic heterocycles. The number of aromatic nitrogens is 4. The molecule has 6 rings (SSSR count). The quantitative estimate of drug-likeness (QED) is 0.366. The van der Waals surface area contributed by atoms with Gasteiger partial charge in [-0.15, -0.1) is 10.2 Å². The SMILES string of the molecule is CCN(C(=O)c1cc(F)ccc1Oc1nncnc1N1CC2(CC(Oc3ccnc4c3CB(C#N)CC4)C2)C1)C(C)C. The molecule has 0 atom stereocenters. The van der Waals surface area contributed by atoms with Crippen LogP contribution in [0.4, 0.5) is 10.2 Å². The van der Waals surface area contributed by atoms with Gasteiger partial charge in [0.2, 0.25) is 0 Å². The second-order valence-corrected chi connectivity index (χ2v) is 11.8. The van der Waals surface area contributed by atoms with Gasteiger partial charge in [0.15, 0.2) is 5.82 Å². The molecule has 0 bridgehead atoms. The van der Waals surface area contributed by atoms with Crippen LogP contribution >= 0.6 is 0 Å². The van der Waals surface area contributed by atoms with E-state index in [-0.39, 0.29) is 47.4 Å². The monoisotopic (exact) mass is 569 g/mol. The van der Waals surface area contributed by atoms with Crippen LogP contribution < -0.4 is 14.4 Å². The van der Waals surface area contributed by atoms with E-state index in [1.807, 2.05) is 26.8 Å². The Morgan fingerprint density at radius 2 is 2.07 bits per heavy atom. The summed E-state index contributed by atoms with van der Waals surface area (Å²) >= 11 is 0. The normalized spacial score (nSPS) is 17.2. The number of anilines is 1. The minimum Gasteiger partial charge on any atom is -0.490 e. The fourth-order valence-corrected chi connectivity index (χ4v) is 6.47. The van der Waals surface area contributed by atoms with Crippen LogP contribution in [0, 0.1) is 22.5 Å². The average molecular weight is 569 g/mol. The van der Waals surface area contributed by atoms with Crippen LogP contribution in [-0.4, -0.2) is 69.5 Å². The van der Waals surface area contributed by atoms with Crippen molar-refractivity contribution < 1.29 is 18.7 Å². The van der Waals surface area contributed by atoms with Crippen molar-refractivity contribution in [2.75, 3.05) is 24.5 Å². The second-order valence-electron chi connectivity index (χ2n) is 11.8. The summed E-state index contributed by atoms with van der Waals surface area (Å²) in [5.74, 6) is 3.32. The maximum atomic E-state index is 14.2. The number of ether oxygens (including phenoxy) is 2. The lowest BCUT2D eigenvalue weighted by Crippen LogP contribution is -2.65. The Labute approximate surface area is 245 Å². The molecule has 3 aromatic rings. The molecule has 1 spiro atoms. The van der Waals surface area contributed by atoms with E-state index < -0.39 is 5.82 Å². The molecule has 1 saturated carbocycles. The molecule has 0 N–H and O–H groups in total. The summed E-state index contributed by atoms with van der Waals surface area (Å²) in [5, 5.41) is 17.5. The number of nitriles is 1. The number of aryl methyl sites for hydroxylation is 1. The van der Waals surface area contributed by atoms with Gasteiger partial charge in [-0.2, -0.15) is 0 Å². The van der Waals surface area contributed by atoms with Gasteiger partial charge >= 0.3 is 0 Å². The number of amides is 1. The van der Waals surface area contributed by atoms with E-state index in [0.717, 1.165) is 55.7 Å². The number of benzene rings is 1. The molecule has 1 aromatic carbocycles. The van der Waals surface area contributed by atoms with Crippen LogP contribution in [0.25, 0.3) is 0 Å². The van der Waals surface area contributed by atoms with Crippen molar-refractivity contribution in [3.63, 3.8) is 0 Å².